The molecule has 0 radical (unpaired) electrons. The van der Waals surface area contributed by atoms with Gasteiger partial charge in [-0.1, -0.05) is 0 Å². The molecular formula is C17H20FN5S. The molecule has 1 fully saturated rings. The van der Waals surface area contributed by atoms with Crippen molar-refractivity contribution in [2.45, 2.75) is 32.1 Å². The minimum atomic E-state index is -0.794. The second-order valence-electron chi connectivity index (χ2n) is 6.17. The zero-order valence-corrected chi connectivity index (χ0v) is 14.6. The van der Waals surface area contributed by atoms with Crippen molar-refractivity contribution in [1.82, 2.24) is 14.9 Å². The van der Waals surface area contributed by atoms with Crippen LogP contribution in [0.4, 0.5) is 10.2 Å². The quantitative estimate of drug-likeness (QED) is 0.834. The van der Waals surface area contributed by atoms with E-state index < -0.39 is 6.17 Å². The normalized spacial score (nSPS) is 20.9. The number of halogens is 1. The van der Waals surface area contributed by atoms with Gasteiger partial charge in [0.1, 0.15) is 18.1 Å². The summed E-state index contributed by atoms with van der Waals surface area (Å²) in [6, 6.07) is 5.77. The van der Waals surface area contributed by atoms with Crippen LogP contribution in [0.25, 0.3) is 0 Å². The molecule has 2 atom stereocenters. The Morgan fingerprint density at radius 1 is 1.50 bits per heavy atom. The molecule has 0 N–H and O–H groups in total. The van der Waals surface area contributed by atoms with Gasteiger partial charge in [0.05, 0.1) is 16.3 Å². The van der Waals surface area contributed by atoms with Gasteiger partial charge in [-0.25, -0.2) is 14.4 Å². The molecule has 126 valence electrons. The number of aryl methyl sites for hydroxylation is 1. The number of nitriles is 1. The molecule has 0 aliphatic carbocycles. The van der Waals surface area contributed by atoms with Gasteiger partial charge in [0.25, 0.3) is 0 Å². The van der Waals surface area contributed by atoms with Gasteiger partial charge in [-0.3, -0.25) is 4.90 Å². The highest BCUT2D eigenvalue weighted by molar-refractivity contribution is 7.09. The molecule has 0 aromatic carbocycles. The number of alkyl halides is 1. The predicted octanol–water partition coefficient (Wildman–Crippen LogP) is 2.77. The summed E-state index contributed by atoms with van der Waals surface area (Å²) in [7, 11) is 1.95. The van der Waals surface area contributed by atoms with Crippen LogP contribution in [0.2, 0.25) is 0 Å². The number of likely N-dealkylation sites (N-methyl/N-ethyl adjacent to an activating group) is 1. The van der Waals surface area contributed by atoms with E-state index in [1.165, 1.54) is 0 Å². The molecule has 1 aliphatic heterocycles. The number of thiazole rings is 1. The molecule has 0 bridgehead atoms. The number of anilines is 1. The number of hydrogen-bond donors (Lipinski definition) is 0. The van der Waals surface area contributed by atoms with Gasteiger partial charge in [0.15, 0.2) is 0 Å². The van der Waals surface area contributed by atoms with Gasteiger partial charge in [-0.15, -0.1) is 11.3 Å². The van der Waals surface area contributed by atoms with Crippen LogP contribution in [-0.2, 0) is 6.54 Å². The summed E-state index contributed by atoms with van der Waals surface area (Å²) in [5.74, 6) is 0.792. The summed E-state index contributed by atoms with van der Waals surface area (Å²) < 4.78 is 14.0. The third-order valence-electron chi connectivity index (χ3n) is 4.26. The summed E-state index contributed by atoms with van der Waals surface area (Å²) >= 11 is 1.63. The summed E-state index contributed by atoms with van der Waals surface area (Å²) in [5, 5.41) is 11.9. The monoisotopic (exact) mass is 345 g/mol. The molecule has 0 saturated carbocycles. The van der Waals surface area contributed by atoms with Crippen LogP contribution in [0.1, 0.15) is 22.7 Å². The van der Waals surface area contributed by atoms with Crippen molar-refractivity contribution < 1.29 is 4.39 Å². The molecule has 3 heterocycles. The lowest BCUT2D eigenvalue weighted by atomic mass is 10.2. The van der Waals surface area contributed by atoms with Crippen LogP contribution in [0, 0.1) is 18.3 Å². The SMILES string of the molecule is Cc1nc(CN2C[C@@H](F)C[C@H]2CN(C)c2ccc(C#N)cn2)cs1. The fraction of sp³-hybridized carbons (Fsp3) is 0.471. The van der Waals surface area contributed by atoms with E-state index in [0.717, 1.165) is 16.5 Å². The Hall–Kier alpha value is -2.04. The molecule has 7 heteroatoms. The number of pyridine rings is 1. The zero-order valence-electron chi connectivity index (χ0n) is 13.8. The fourth-order valence-corrected chi connectivity index (χ4v) is 3.69. The van der Waals surface area contributed by atoms with E-state index in [1.54, 1.807) is 23.6 Å². The Morgan fingerprint density at radius 3 is 2.96 bits per heavy atom. The van der Waals surface area contributed by atoms with Gasteiger partial charge < -0.3 is 4.90 Å². The topological polar surface area (TPSA) is 56.1 Å². The third-order valence-corrected chi connectivity index (χ3v) is 5.08. The van der Waals surface area contributed by atoms with E-state index >= 15 is 0 Å². The molecule has 24 heavy (non-hydrogen) atoms. The molecule has 5 nitrogen and oxygen atoms in total. The maximum absolute atomic E-state index is 14.0. The summed E-state index contributed by atoms with van der Waals surface area (Å²) in [4.78, 5) is 13.0. The standard InChI is InChI=1S/C17H20FN5S/c1-12-21-15(11-24-12)9-23-8-14(18)5-16(23)10-22(2)17-4-3-13(6-19)7-20-17/h3-4,7,11,14,16H,5,8-10H2,1-2H3/t14-,16-/m0/s1. The smallest absolute Gasteiger partial charge is 0.128 e. The Morgan fingerprint density at radius 2 is 2.33 bits per heavy atom. The second-order valence-corrected chi connectivity index (χ2v) is 7.23. The first-order valence-electron chi connectivity index (χ1n) is 7.91. The van der Waals surface area contributed by atoms with Crippen LogP contribution in [0.3, 0.4) is 0 Å². The van der Waals surface area contributed by atoms with Crippen LogP contribution >= 0.6 is 11.3 Å². The lowest BCUT2D eigenvalue weighted by Gasteiger charge is -2.28. The lowest BCUT2D eigenvalue weighted by Crippen LogP contribution is -2.38. The van der Waals surface area contributed by atoms with E-state index in [-0.39, 0.29) is 6.04 Å². The molecule has 0 amide bonds. The highest BCUT2D eigenvalue weighted by atomic mass is 32.1. The Bertz CT molecular complexity index is 723. The largest absolute Gasteiger partial charge is 0.358 e. The number of aromatic nitrogens is 2. The van der Waals surface area contributed by atoms with Gasteiger partial charge in [-0.05, 0) is 25.5 Å². The first kappa shape index (κ1) is 16.8. The van der Waals surface area contributed by atoms with Gasteiger partial charge >= 0.3 is 0 Å². The van der Waals surface area contributed by atoms with Crippen molar-refractivity contribution >= 4 is 17.2 Å². The van der Waals surface area contributed by atoms with Crippen molar-refractivity contribution in [2.75, 3.05) is 25.0 Å². The molecule has 2 aromatic heterocycles. The summed E-state index contributed by atoms with van der Waals surface area (Å²) in [6.07, 6.45) is 1.30. The van der Waals surface area contributed by atoms with Crippen molar-refractivity contribution in [3.63, 3.8) is 0 Å². The van der Waals surface area contributed by atoms with Gasteiger partial charge in [0.2, 0.25) is 0 Å². The predicted molar refractivity (Wildman–Crippen MR) is 92.8 cm³/mol. The maximum Gasteiger partial charge on any atom is 0.128 e. The average molecular weight is 345 g/mol. The third kappa shape index (κ3) is 3.89. The van der Waals surface area contributed by atoms with Crippen molar-refractivity contribution in [2.24, 2.45) is 0 Å². The second kappa shape index (κ2) is 7.24. The highest BCUT2D eigenvalue weighted by Gasteiger charge is 2.33. The summed E-state index contributed by atoms with van der Waals surface area (Å²) in [6.45, 7) is 3.82. The number of hydrogen-bond acceptors (Lipinski definition) is 6. The molecule has 2 aromatic rings. The van der Waals surface area contributed by atoms with E-state index in [2.05, 4.69) is 20.9 Å². The molecule has 0 unspecified atom stereocenters. The van der Waals surface area contributed by atoms with E-state index in [9.17, 15) is 4.39 Å². The Kier molecular flexibility index (Phi) is 5.07. The molecule has 1 aliphatic rings. The van der Waals surface area contributed by atoms with Crippen LogP contribution in [-0.4, -0.2) is 47.2 Å². The number of likely N-dealkylation sites (tertiary alicyclic amines) is 1. The van der Waals surface area contributed by atoms with Gasteiger partial charge in [0, 0.05) is 44.3 Å². The van der Waals surface area contributed by atoms with Crippen LogP contribution in [0.5, 0.6) is 0 Å². The molecule has 3 rings (SSSR count). The first-order valence-corrected chi connectivity index (χ1v) is 8.79. The maximum atomic E-state index is 14.0. The van der Waals surface area contributed by atoms with E-state index in [0.29, 0.717) is 31.6 Å². The summed E-state index contributed by atoms with van der Waals surface area (Å²) in [5.41, 5.74) is 1.55. The first-order chi connectivity index (χ1) is 11.5. The number of rotatable bonds is 5. The van der Waals surface area contributed by atoms with Crippen LogP contribution < -0.4 is 4.90 Å². The fourth-order valence-electron chi connectivity index (χ4n) is 3.08. The van der Waals surface area contributed by atoms with Crippen molar-refractivity contribution in [1.29, 1.82) is 5.26 Å². The lowest BCUT2D eigenvalue weighted by molar-refractivity contribution is 0.235. The Balaban J connectivity index is 1.66. The number of nitrogens with zero attached hydrogens (tertiary/aromatic N) is 5. The Labute approximate surface area is 145 Å². The minimum absolute atomic E-state index is 0.129. The molecular weight excluding hydrogens is 325 g/mol. The van der Waals surface area contributed by atoms with E-state index in [1.807, 2.05) is 30.3 Å². The average Bonchev–Trinajstić information content (AvgIpc) is 3.13. The minimum Gasteiger partial charge on any atom is -0.358 e. The van der Waals surface area contributed by atoms with Crippen molar-refractivity contribution in [3.05, 3.63) is 40.0 Å². The zero-order chi connectivity index (χ0) is 17.1. The molecule has 1 saturated heterocycles. The van der Waals surface area contributed by atoms with E-state index in [4.69, 9.17) is 5.26 Å². The molecule has 0 spiro atoms. The highest BCUT2D eigenvalue weighted by Crippen LogP contribution is 2.25. The van der Waals surface area contributed by atoms with Crippen molar-refractivity contribution in [3.8, 4) is 6.07 Å². The van der Waals surface area contributed by atoms with Gasteiger partial charge in [-0.2, -0.15) is 5.26 Å². The van der Waals surface area contributed by atoms with Crippen LogP contribution in [0.15, 0.2) is 23.7 Å².